The Morgan fingerprint density at radius 2 is 2.40 bits per heavy atom. The Hall–Kier alpha value is -0.610. The Morgan fingerprint density at radius 3 is 3.00 bits per heavy atom. The average molecular weight is 225 g/mol. The standard InChI is InChI=1S/C11H19N3S/c1-11(2)4-3-5-14(8-11)10-13-9(6-12)7-15-10/h7H,3-6,8,12H2,1-2H3. The molecule has 1 aromatic heterocycles. The predicted molar refractivity (Wildman–Crippen MR) is 65.2 cm³/mol. The maximum atomic E-state index is 5.57. The van der Waals surface area contributed by atoms with Crippen molar-refractivity contribution in [2.45, 2.75) is 33.2 Å². The van der Waals surface area contributed by atoms with E-state index in [0.717, 1.165) is 23.9 Å². The molecular formula is C11H19N3S. The highest BCUT2D eigenvalue weighted by Crippen LogP contribution is 2.32. The molecule has 1 saturated heterocycles. The molecule has 3 nitrogen and oxygen atoms in total. The second-order valence-corrected chi connectivity index (χ2v) is 5.85. The fourth-order valence-corrected chi connectivity index (χ4v) is 2.99. The summed E-state index contributed by atoms with van der Waals surface area (Å²) in [7, 11) is 0. The van der Waals surface area contributed by atoms with E-state index < -0.39 is 0 Å². The number of aromatic nitrogens is 1. The molecule has 1 aliphatic rings. The second kappa shape index (κ2) is 4.10. The molecule has 0 bridgehead atoms. The predicted octanol–water partition coefficient (Wildman–Crippen LogP) is 2.23. The Morgan fingerprint density at radius 1 is 1.60 bits per heavy atom. The van der Waals surface area contributed by atoms with Gasteiger partial charge in [0.25, 0.3) is 0 Å². The molecule has 2 N–H and O–H groups in total. The number of thiazole rings is 1. The Kier molecular flexibility index (Phi) is 2.98. The lowest BCUT2D eigenvalue weighted by Crippen LogP contribution is -2.40. The first kappa shape index (κ1) is 10.9. The van der Waals surface area contributed by atoms with Gasteiger partial charge in [-0.2, -0.15) is 0 Å². The molecule has 15 heavy (non-hydrogen) atoms. The summed E-state index contributed by atoms with van der Waals surface area (Å²) < 4.78 is 0. The lowest BCUT2D eigenvalue weighted by atomic mass is 9.84. The van der Waals surface area contributed by atoms with E-state index in [1.54, 1.807) is 11.3 Å². The molecule has 1 aromatic rings. The fourth-order valence-electron chi connectivity index (χ4n) is 2.12. The number of nitrogens with two attached hydrogens (primary N) is 1. The minimum absolute atomic E-state index is 0.423. The monoisotopic (exact) mass is 225 g/mol. The third kappa shape index (κ3) is 2.49. The molecule has 0 amide bonds. The molecular weight excluding hydrogens is 206 g/mol. The van der Waals surface area contributed by atoms with Crippen LogP contribution >= 0.6 is 11.3 Å². The molecule has 0 unspecified atom stereocenters. The fraction of sp³-hybridized carbons (Fsp3) is 0.727. The first-order chi connectivity index (χ1) is 7.11. The summed E-state index contributed by atoms with van der Waals surface area (Å²) in [6.07, 6.45) is 2.59. The van der Waals surface area contributed by atoms with E-state index in [2.05, 4.69) is 29.1 Å². The number of hydrogen-bond acceptors (Lipinski definition) is 4. The van der Waals surface area contributed by atoms with Crippen LogP contribution in [-0.4, -0.2) is 18.1 Å². The highest BCUT2D eigenvalue weighted by atomic mass is 32.1. The molecule has 84 valence electrons. The van der Waals surface area contributed by atoms with Gasteiger partial charge in [0.05, 0.1) is 5.69 Å². The number of anilines is 1. The molecule has 0 aliphatic carbocycles. The molecule has 1 aliphatic heterocycles. The van der Waals surface area contributed by atoms with E-state index in [-0.39, 0.29) is 0 Å². The minimum Gasteiger partial charge on any atom is -0.348 e. The summed E-state index contributed by atoms with van der Waals surface area (Å²) >= 11 is 1.72. The van der Waals surface area contributed by atoms with Crippen LogP contribution in [0.5, 0.6) is 0 Å². The van der Waals surface area contributed by atoms with Gasteiger partial charge in [-0.3, -0.25) is 0 Å². The topological polar surface area (TPSA) is 42.2 Å². The zero-order chi connectivity index (χ0) is 10.9. The Bertz CT molecular complexity index is 332. The Labute approximate surface area is 95.3 Å². The van der Waals surface area contributed by atoms with Crippen molar-refractivity contribution in [2.75, 3.05) is 18.0 Å². The van der Waals surface area contributed by atoms with Crippen molar-refractivity contribution in [1.82, 2.24) is 4.98 Å². The van der Waals surface area contributed by atoms with Crippen LogP contribution in [-0.2, 0) is 6.54 Å². The lowest BCUT2D eigenvalue weighted by Gasteiger charge is -2.37. The first-order valence-electron chi connectivity index (χ1n) is 5.50. The lowest BCUT2D eigenvalue weighted by molar-refractivity contribution is 0.293. The van der Waals surface area contributed by atoms with Gasteiger partial charge in [-0.1, -0.05) is 13.8 Å². The van der Waals surface area contributed by atoms with E-state index in [0.29, 0.717) is 12.0 Å². The number of rotatable bonds is 2. The summed E-state index contributed by atoms with van der Waals surface area (Å²) in [6, 6.07) is 0. The van der Waals surface area contributed by atoms with Crippen LogP contribution in [0.4, 0.5) is 5.13 Å². The maximum Gasteiger partial charge on any atom is 0.185 e. The average Bonchev–Trinajstić information content (AvgIpc) is 2.64. The van der Waals surface area contributed by atoms with Gasteiger partial charge in [-0.25, -0.2) is 4.98 Å². The van der Waals surface area contributed by atoms with Crippen LogP contribution in [0.15, 0.2) is 5.38 Å². The SMILES string of the molecule is CC1(C)CCCN(c2nc(CN)cs2)C1. The van der Waals surface area contributed by atoms with Crippen molar-refractivity contribution in [1.29, 1.82) is 0 Å². The van der Waals surface area contributed by atoms with Crippen LogP contribution in [0.2, 0.25) is 0 Å². The van der Waals surface area contributed by atoms with Crippen LogP contribution in [0.3, 0.4) is 0 Å². The zero-order valence-corrected chi connectivity index (χ0v) is 10.3. The van der Waals surface area contributed by atoms with Gasteiger partial charge in [0.2, 0.25) is 0 Å². The van der Waals surface area contributed by atoms with E-state index in [1.165, 1.54) is 12.8 Å². The third-order valence-electron chi connectivity index (χ3n) is 2.92. The molecule has 2 rings (SSSR count). The number of nitrogens with zero attached hydrogens (tertiary/aromatic N) is 2. The van der Waals surface area contributed by atoms with Gasteiger partial charge in [-0.15, -0.1) is 11.3 Å². The zero-order valence-electron chi connectivity index (χ0n) is 9.49. The van der Waals surface area contributed by atoms with Gasteiger partial charge in [0.1, 0.15) is 0 Å². The van der Waals surface area contributed by atoms with Gasteiger partial charge in [0, 0.05) is 25.0 Å². The van der Waals surface area contributed by atoms with Crippen LogP contribution < -0.4 is 10.6 Å². The third-order valence-corrected chi connectivity index (χ3v) is 3.87. The highest BCUT2D eigenvalue weighted by Gasteiger charge is 2.27. The van der Waals surface area contributed by atoms with Gasteiger partial charge >= 0.3 is 0 Å². The van der Waals surface area contributed by atoms with E-state index in [9.17, 15) is 0 Å². The van der Waals surface area contributed by atoms with E-state index >= 15 is 0 Å². The van der Waals surface area contributed by atoms with Crippen molar-refractivity contribution in [3.05, 3.63) is 11.1 Å². The number of piperidine rings is 1. The van der Waals surface area contributed by atoms with Crippen LogP contribution in [0, 0.1) is 5.41 Å². The highest BCUT2D eigenvalue weighted by molar-refractivity contribution is 7.13. The quantitative estimate of drug-likeness (QED) is 0.839. The normalized spacial score (nSPS) is 20.6. The molecule has 1 fully saturated rings. The van der Waals surface area contributed by atoms with Gasteiger partial charge in [-0.05, 0) is 18.3 Å². The van der Waals surface area contributed by atoms with E-state index in [1.807, 2.05) is 0 Å². The van der Waals surface area contributed by atoms with Gasteiger partial charge in [0.15, 0.2) is 5.13 Å². The van der Waals surface area contributed by atoms with Crippen LogP contribution in [0.25, 0.3) is 0 Å². The molecule has 4 heteroatoms. The molecule has 0 saturated carbocycles. The second-order valence-electron chi connectivity index (χ2n) is 5.01. The Balaban J connectivity index is 2.10. The molecule has 0 atom stereocenters. The van der Waals surface area contributed by atoms with E-state index in [4.69, 9.17) is 5.73 Å². The van der Waals surface area contributed by atoms with Crippen molar-refractivity contribution in [3.63, 3.8) is 0 Å². The van der Waals surface area contributed by atoms with Crippen molar-refractivity contribution in [2.24, 2.45) is 11.1 Å². The first-order valence-corrected chi connectivity index (χ1v) is 6.38. The molecule has 0 spiro atoms. The van der Waals surface area contributed by atoms with Crippen LogP contribution in [0.1, 0.15) is 32.4 Å². The maximum absolute atomic E-state index is 5.57. The van der Waals surface area contributed by atoms with Crippen molar-refractivity contribution in [3.8, 4) is 0 Å². The summed E-state index contributed by atoms with van der Waals surface area (Å²) in [5, 5.41) is 3.21. The smallest absolute Gasteiger partial charge is 0.185 e. The van der Waals surface area contributed by atoms with Crippen molar-refractivity contribution >= 4 is 16.5 Å². The summed E-state index contributed by atoms with van der Waals surface area (Å²) in [5.41, 5.74) is 7.01. The van der Waals surface area contributed by atoms with Gasteiger partial charge < -0.3 is 10.6 Å². The largest absolute Gasteiger partial charge is 0.348 e. The summed E-state index contributed by atoms with van der Waals surface area (Å²) in [5.74, 6) is 0. The summed E-state index contributed by atoms with van der Waals surface area (Å²) in [6.45, 7) is 7.46. The molecule has 0 radical (unpaired) electrons. The number of hydrogen-bond donors (Lipinski definition) is 1. The minimum atomic E-state index is 0.423. The summed E-state index contributed by atoms with van der Waals surface area (Å²) in [4.78, 5) is 6.93. The van der Waals surface area contributed by atoms with Crippen molar-refractivity contribution < 1.29 is 0 Å². The molecule has 2 heterocycles. The molecule has 0 aromatic carbocycles.